The summed E-state index contributed by atoms with van der Waals surface area (Å²) in [7, 11) is 0. The number of hydrogen-bond acceptors (Lipinski definition) is 0. The molecule has 3 rings (SSSR count). The van der Waals surface area contributed by atoms with E-state index in [9.17, 15) is 0 Å². The van der Waals surface area contributed by atoms with Gasteiger partial charge in [-0.1, -0.05) is 62.4 Å². The Bertz CT molecular complexity index is 1010. The molecule has 0 bridgehead atoms. The molecule has 0 saturated heterocycles. The van der Waals surface area contributed by atoms with Gasteiger partial charge in [-0.05, 0) is 148 Å². The van der Waals surface area contributed by atoms with Crippen molar-refractivity contribution in [3.63, 3.8) is 0 Å². The zero-order chi connectivity index (χ0) is 24.8. The summed E-state index contributed by atoms with van der Waals surface area (Å²) in [4.78, 5) is 0. The van der Waals surface area contributed by atoms with Crippen LogP contribution in [0.1, 0.15) is 82.3 Å². The summed E-state index contributed by atoms with van der Waals surface area (Å²) in [6.07, 6.45) is 7.23. The first-order chi connectivity index (χ1) is 16.1. The molecule has 2 atom stereocenters. The van der Waals surface area contributed by atoms with Gasteiger partial charge >= 0.3 is 0 Å². The molecule has 0 amide bonds. The molecule has 3 aromatic carbocycles. The quantitative estimate of drug-likeness (QED) is 0.286. The smallest absolute Gasteiger partial charge is 0.0253 e. The van der Waals surface area contributed by atoms with Gasteiger partial charge in [-0.25, -0.2) is 0 Å². The van der Waals surface area contributed by atoms with Crippen LogP contribution in [0.25, 0.3) is 0 Å². The standard InChI is InChI=1S/C34H46/c1-23(17-31-13-11-25(3)27(5)19-31)9-15-33-21-29(7)30(8)22-34(33)16-10-24(2)18-32-14-12-26(4)28(6)20-32/h11-14,19-24H,9-10,15-18H2,1-8H3. The normalized spacial score (nSPS) is 13.2. The van der Waals surface area contributed by atoms with Crippen molar-refractivity contribution < 1.29 is 0 Å². The lowest BCUT2D eigenvalue weighted by atomic mass is 9.87. The largest absolute Gasteiger partial charge is 0.0622 e. The molecule has 0 aromatic heterocycles. The van der Waals surface area contributed by atoms with Crippen LogP contribution in [0.15, 0.2) is 48.5 Å². The Labute approximate surface area is 209 Å². The summed E-state index contributed by atoms with van der Waals surface area (Å²) in [5.74, 6) is 1.39. The molecule has 2 unspecified atom stereocenters. The van der Waals surface area contributed by atoms with Gasteiger partial charge in [0.15, 0.2) is 0 Å². The van der Waals surface area contributed by atoms with E-state index in [1.165, 1.54) is 83.0 Å². The minimum absolute atomic E-state index is 0.695. The Morgan fingerprint density at radius 1 is 0.471 bits per heavy atom. The Morgan fingerprint density at radius 2 is 0.824 bits per heavy atom. The van der Waals surface area contributed by atoms with Crippen LogP contribution in [-0.2, 0) is 25.7 Å². The molecule has 34 heavy (non-hydrogen) atoms. The van der Waals surface area contributed by atoms with E-state index in [1.807, 2.05) is 0 Å². The van der Waals surface area contributed by atoms with E-state index in [2.05, 4.69) is 104 Å². The molecular formula is C34H46. The minimum atomic E-state index is 0.695. The molecule has 0 heteroatoms. The first-order valence-corrected chi connectivity index (χ1v) is 13.3. The zero-order valence-corrected chi connectivity index (χ0v) is 23.0. The van der Waals surface area contributed by atoms with Gasteiger partial charge < -0.3 is 0 Å². The highest BCUT2D eigenvalue weighted by atomic mass is 14.2. The SMILES string of the molecule is Cc1ccc(CC(C)CCc2cc(C)c(C)cc2CCC(C)Cc2ccc(C)c(C)c2)cc1C. The summed E-state index contributed by atoms with van der Waals surface area (Å²) in [5.41, 5.74) is 14.6. The van der Waals surface area contributed by atoms with E-state index < -0.39 is 0 Å². The molecule has 0 heterocycles. The second kappa shape index (κ2) is 11.9. The zero-order valence-electron chi connectivity index (χ0n) is 23.0. The van der Waals surface area contributed by atoms with Crippen LogP contribution in [0.5, 0.6) is 0 Å². The van der Waals surface area contributed by atoms with Gasteiger partial charge in [0.2, 0.25) is 0 Å². The van der Waals surface area contributed by atoms with Crippen molar-refractivity contribution >= 4 is 0 Å². The average Bonchev–Trinajstić information content (AvgIpc) is 2.78. The second-order valence-electron chi connectivity index (χ2n) is 11.2. The fourth-order valence-corrected chi connectivity index (χ4v) is 5.07. The highest BCUT2D eigenvalue weighted by Crippen LogP contribution is 2.25. The molecule has 0 aliphatic heterocycles. The lowest BCUT2D eigenvalue weighted by Gasteiger charge is -2.18. The average molecular weight is 455 g/mol. The third-order valence-electron chi connectivity index (χ3n) is 7.94. The summed E-state index contributed by atoms with van der Waals surface area (Å²) >= 11 is 0. The predicted octanol–water partition coefficient (Wildman–Crippen LogP) is 9.16. The molecule has 0 spiro atoms. The summed E-state index contributed by atoms with van der Waals surface area (Å²) < 4.78 is 0. The Hall–Kier alpha value is -2.34. The van der Waals surface area contributed by atoms with E-state index in [0.29, 0.717) is 11.8 Å². The van der Waals surface area contributed by atoms with E-state index in [0.717, 1.165) is 0 Å². The Kier molecular flexibility index (Phi) is 9.17. The second-order valence-corrected chi connectivity index (χ2v) is 11.2. The summed E-state index contributed by atoms with van der Waals surface area (Å²) in [6.45, 7) is 18.2. The third kappa shape index (κ3) is 7.33. The van der Waals surface area contributed by atoms with E-state index >= 15 is 0 Å². The van der Waals surface area contributed by atoms with Gasteiger partial charge in [-0.2, -0.15) is 0 Å². The van der Waals surface area contributed by atoms with Crippen molar-refractivity contribution in [1.29, 1.82) is 0 Å². The lowest BCUT2D eigenvalue weighted by molar-refractivity contribution is 0.518. The monoisotopic (exact) mass is 454 g/mol. The van der Waals surface area contributed by atoms with E-state index in [-0.39, 0.29) is 0 Å². The van der Waals surface area contributed by atoms with Crippen molar-refractivity contribution in [3.05, 3.63) is 104 Å². The molecule has 0 N–H and O–H groups in total. The van der Waals surface area contributed by atoms with Gasteiger partial charge in [0.05, 0.1) is 0 Å². The van der Waals surface area contributed by atoms with Crippen molar-refractivity contribution in [2.45, 2.75) is 93.9 Å². The fourth-order valence-electron chi connectivity index (χ4n) is 5.07. The van der Waals surface area contributed by atoms with E-state index in [4.69, 9.17) is 0 Å². The summed E-state index contributed by atoms with van der Waals surface area (Å²) in [5, 5.41) is 0. The van der Waals surface area contributed by atoms with Gasteiger partial charge in [0.1, 0.15) is 0 Å². The number of benzene rings is 3. The number of aryl methyl sites for hydroxylation is 8. The number of rotatable bonds is 10. The van der Waals surface area contributed by atoms with Crippen molar-refractivity contribution in [1.82, 2.24) is 0 Å². The Morgan fingerprint density at radius 3 is 1.18 bits per heavy atom. The van der Waals surface area contributed by atoms with Crippen molar-refractivity contribution in [2.24, 2.45) is 11.8 Å². The lowest BCUT2D eigenvalue weighted by Crippen LogP contribution is -2.07. The molecule has 0 nitrogen and oxygen atoms in total. The van der Waals surface area contributed by atoms with E-state index in [1.54, 1.807) is 11.1 Å². The van der Waals surface area contributed by atoms with Gasteiger partial charge in [0, 0.05) is 0 Å². The molecule has 0 aliphatic rings. The fraction of sp³-hybridized carbons (Fsp3) is 0.471. The van der Waals surface area contributed by atoms with Gasteiger partial charge in [0.25, 0.3) is 0 Å². The molecule has 0 fully saturated rings. The van der Waals surface area contributed by atoms with Crippen LogP contribution >= 0.6 is 0 Å². The van der Waals surface area contributed by atoms with Gasteiger partial charge in [-0.15, -0.1) is 0 Å². The van der Waals surface area contributed by atoms with Crippen LogP contribution in [0.3, 0.4) is 0 Å². The topological polar surface area (TPSA) is 0 Å². The van der Waals surface area contributed by atoms with Crippen LogP contribution in [-0.4, -0.2) is 0 Å². The van der Waals surface area contributed by atoms with Crippen LogP contribution in [0.2, 0.25) is 0 Å². The molecule has 3 aromatic rings. The molecular weight excluding hydrogens is 408 g/mol. The maximum Gasteiger partial charge on any atom is -0.0253 e. The summed E-state index contributed by atoms with van der Waals surface area (Å²) in [6, 6.07) is 18.9. The Balaban J connectivity index is 1.61. The first kappa shape index (κ1) is 26.3. The maximum atomic E-state index is 2.47. The van der Waals surface area contributed by atoms with Gasteiger partial charge in [-0.3, -0.25) is 0 Å². The molecule has 0 saturated carbocycles. The maximum absolute atomic E-state index is 2.47. The van der Waals surface area contributed by atoms with Crippen LogP contribution in [0.4, 0.5) is 0 Å². The highest BCUT2D eigenvalue weighted by Gasteiger charge is 2.12. The third-order valence-corrected chi connectivity index (χ3v) is 7.94. The molecule has 0 aliphatic carbocycles. The van der Waals surface area contributed by atoms with Crippen molar-refractivity contribution in [3.8, 4) is 0 Å². The highest BCUT2D eigenvalue weighted by molar-refractivity contribution is 5.38. The molecule has 182 valence electrons. The molecule has 0 radical (unpaired) electrons. The predicted molar refractivity (Wildman–Crippen MR) is 150 cm³/mol. The van der Waals surface area contributed by atoms with Crippen LogP contribution in [0, 0.1) is 53.4 Å². The first-order valence-electron chi connectivity index (χ1n) is 13.3. The van der Waals surface area contributed by atoms with Crippen molar-refractivity contribution in [2.75, 3.05) is 0 Å². The van der Waals surface area contributed by atoms with Crippen LogP contribution < -0.4 is 0 Å². The minimum Gasteiger partial charge on any atom is -0.0622 e. The number of hydrogen-bond donors (Lipinski definition) is 0.